The molecule has 0 aliphatic carbocycles. The number of nitrogens with one attached hydrogen (secondary N) is 1. The smallest absolute Gasteiger partial charge is 0.257 e. The molecule has 1 aromatic rings. The van der Waals surface area contributed by atoms with E-state index in [2.05, 4.69) is 5.32 Å². The highest BCUT2D eigenvalue weighted by molar-refractivity contribution is 7.89. The van der Waals surface area contributed by atoms with Gasteiger partial charge in [-0.2, -0.15) is 4.31 Å². The van der Waals surface area contributed by atoms with Crippen LogP contribution in [-0.2, 0) is 14.8 Å². The minimum atomic E-state index is -3.42. The topological polar surface area (TPSA) is 75.7 Å². The molecule has 1 amide bonds. The van der Waals surface area contributed by atoms with Crippen LogP contribution in [0.25, 0.3) is 0 Å². The number of nitrogens with zero attached hydrogens (tertiary/aromatic N) is 1. The molecule has 0 aromatic heterocycles. The number of hydrogen-bond acceptors (Lipinski definition) is 4. The number of piperidine rings is 1. The van der Waals surface area contributed by atoms with Crippen molar-refractivity contribution in [1.29, 1.82) is 0 Å². The summed E-state index contributed by atoms with van der Waals surface area (Å²) in [6, 6.07) is 6.24. The summed E-state index contributed by atoms with van der Waals surface area (Å²) in [5.41, 5.74) is 0. The SMILES string of the molecule is CCCNC(=O)COc1ccc(S(=O)(=O)N2CCCCC2)cc1. The molecule has 1 aliphatic rings. The second kappa shape index (κ2) is 8.31. The van der Waals surface area contributed by atoms with E-state index in [1.54, 1.807) is 12.1 Å². The number of benzene rings is 1. The predicted molar refractivity (Wildman–Crippen MR) is 87.8 cm³/mol. The van der Waals surface area contributed by atoms with Crippen molar-refractivity contribution in [1.82, 2.24) is 9.62 Å². The van der Waals surface area contributed by atoms with Gasteiger partial charge in [0.15, 0.2) is 6.61 Å². The second-order valence-corrected chi connectivity index (χ2v) is 7.51. The van der Waals surface area contributed by atoms with Gasteiger partial charge in [0.2, 0.25) is 10.0 Å². The fourth-order valence-corrected chi connectivity index (χ4v) is 3.94. The molecule has 1 aromatic carbocycles. The average molecular weight is 340 g/mol. The van der Waals surface area contributed by atoms with E-state index in [9.17, 15) is 13.2 Å². The van der Waals surface area contributed by atoms with Gasteiger partial charge in [0.1, 0.15) is 5.75 Å². The Labute approximate surface area is 137 Å². The summed E-state index contributed by atoms with van der Waals surface area (Å²) in [7, 11) is -3.42. The van der Waals surface area contributed by atoms with Gasteiger partial charge in [0.25, 0.3) is 5.91 Å². The Hall–Kier alpha value is -1.60. The van der Waals surface area contributed by atoms with Gasteiger partial charge in [-0.15, -0.1) is 0 Å². The van der Waals surface area contributed by atoms with E-state index in [4.69, 9.17) is 4.74 Å². The Kier molecular flexibility index (Phi) is 6.41. The molecule has 1 aliphatic heterocycles. The van der Waals surface area contributed by atoms with Crippen molar-refractivity contribution in [3.05, 3.63) is 24.3 Å². The van der Waals surface area contributed by atoms with E-state index in [0.29, 0.717) is 25.4 Å². The van der Waals surface area contributed by atoms with Crippen LogP contribution < -0.4 is 10.1 Å². The van der Waals surface area contributed by atoms with E-state index in [1.807, 2.05) is 6.92 Å². The standard InChI is InChI=1S/C16H24N2O4S/c1-2-10-17-16(19)13-22-14-6-8-15(9-7-14)23(20,21)18-11-4-3-5-12-18/h6-9H,2-5,10-13H2,1H3,(H,17,19). The first-order valence-corrected chi connectivity index (χ1v) is 9.48. The van der Waals surface area contributed by atoms with Crippen LogP contribution in [0.5, 0.6) is 5.75 Å². The Bertz CT molecular complexity index is 607. The molecular weight excluding hydrogens is 316 g/mol. The van der Waals surface area contributed by atoms with Gasteiger partial charge in [-0.3, -0.25) is 4.79 Å². The lowest BCUT2D eigenvalue weighted by molar-refractivity contribution is -0.123. The zero-order chi connectivity index (χ0) is 16.7. The van der Waals surface area contributed by atoms with Crippen LogP contribution in [0.2, 0.25) is 0 Å². The summed E-state index contributed by atoms with van der Waals surface area (Å²) in [6.07, 6.45) is 3.77. The Balaban J connectivity index is 1.94. The van der Waals surface area contributed by atoms with Crippen LogP contribution in [-0.4, -0.2) is 44.9 Å². The number of sulfonamides is 1. The maximum absolute atomic E-state index is 12.5. The third-order valence-electron chi connectivity index (χ3n) is 3.72. The summed E-state index contributed by atoms with van der Waals surface area (Å²) in [4.78, 5) is 11.7. The molecule has 1 heterocycles. The minimum Gasteiger partial charge on any atom is -0.484 e. The van der Waals surface area contributed by atoms with Gasteiger partial charge in [0, 0.05) is 19.6 Å². The third kappa shape index (κ3) is 4.94. The van der Waals surface area contributed by atoms with Gasteiger partial charge < -0.3 is 10.1 Å². The molecule has 1 saturated heterocycles. The van der Waals surface area contributed by atoms with Crippen LogP contribution in [0.3, 0.4) is 0 Å². The number of carbonyl (C=O) groups excluding carboxylic acids is 1. The lowest BCUT2D eigenvalue weighted by Crippen LogP contribution is -2.35. The first kappa shape index (κ1) is 17.7. The molecule has 1 N–H and O–H groups in total. The molecule has 6 nitrogen and oxygen atoms in total. The zero-order valence-electron chi connectivity index (χ0n) is 13.5. The van der Waals surface area contributed by atoms with Crippen molar-refractivity contribution in [2.24, 2.45) is 0 Å². The second-order valence-electron chi connectivity index (χ2n) is 5.57. The molecule has 0 unspecified atom stereocenters. The zero-order valence-corrected chi connectivity index (χ0v) is 14.3. The van der Waals surface area contributed by atoms with Crippen LogP contribution >= 0.6 is 0 Å². The number of amides is 1. The van der Waals surface area contributed by atoms with Gasteiger partial charge >= 0.3 is 0 Å². The molecule has 128 valence electrons. The fraction of sp³-hybridized carbons (Fsp3) is 0.562. The lowest BCUT2D eigenvalue weighted by Gasteiger charge is -2.25. The van der Waals surface area contributed by atoms with E-state index in [0.717, 1.165) is 25.7 Å². The molecule has 1 fully saturated rings. The van der Waals surface area contributed by atoms with Gasteiger partial charge in [-0.05, 0) is 43.5 Å². The van der Waals surface area contributed by atoms with Crippen LogP contribution in [0.4, 0.5) is 0 Å². The van der Waals surface area contributed by atoms with Crippen molar-refractivity contribution < 1.29 is 17.9 Å². The molecule has 0 spiro atoms. The molecule has 0 radical (unpaired) electrons. The summed E-state index contributed by atoms with van der Waals surface area (Å²) in [5, 5.41) is 2.71. The van der Waals surface area contributed by atoms with E-state index in [1.165, 1.54) is 16.4 Å². The summed E-state index contributed by atoms with van der Waals surface area (Å²) < 4.78 is 31.9. The van der Waals surface area contributed by atoms with E-state index in [-0.39, 0.29) is 17.4 Å². The molecular formula is C16H24N2O4S. The van der Waals surface area contributed by atoms with Crippen LogP contribution in [0.15, 0.2) is 29.2 Å². The highest BCUT2D eigenvalue weighted by Crippen LogP contribution is 2.22. The molecule has 2 rings (SSSR count). The molecule has 0 atom stereocenters. The van der Waals surface area contributed by atoms with Crippen molar-refractivity contribution in [2.75, 3.05) is 26.2 Å². The third-order valence-corrected chi connectivity index (χ3v) is 5.63. The van der Waals surface area contributed by atoms with Crippen molar-refractivity contribution >= 4 is 15.9 Å². The molecule has 0 saturated carbocycles. The lowest BCUT2D eigenvalue weighted by atomic mass is 10.2. The Morgan fingerprint density at radius 3 is 2.43 bits per heavy atom. The van der Waals surface area contributed by atoms with Gasteiger partial charge in [-0.1, -0.05) is 13.3 Å². The molecule has 23 heavy (non-hydrogen) atoms. The molecule has 7 heteroatoms. The maximum atomic E-state index is 12.5. The Morgan fingerprint density at radius 2 is 1.83 bits per heavy atom. The number of carbonyl (C=O) groups is 1. The predicted octanol–water partition coefficient (Wildman–Crippen LogP) is 1.77. The van der Waals surface area contributed by atoms with E-state index < -0.39 is 10.0 Å². The van der Waals surface area contributed by atoms with Crippen LogP contribution in [0, 0.1) is 0 Å². The largest absolute Gasteiger partial charge is 0.484 e. The summed E-state index contributed by atoms with van der Waals surface area (Å²) in [5.74, 6) is 0.297. The molecule has 0 bridgehead atoms. The Morgan fingerprint density at radius 1 is 1.17 bits per heavy atom. The quantitative estimate of drug-likeness (QED) is 0.821. The van der Waals surface area contributed by atoms with Crippen molar-refractivity contribution in [3.8, 4) is 5.75 Å². The van der Waals surface area contributed by atoms with Crippen molar-refractivity contribution in [3.63, 3.8) is 0 Å². The van der Waals surface area contributed by atoms with E-state index >= 15 is 0 Å². The van der Waals surface area contributed by atoms with Crippen molar-refractivity contribution in [2.45, 2.75) is 37.5 Å². The summed E-state index contributed by atoms with van der Waals surface area (Å²) >= 11 is 0. The minimum absolute atomic E-state index is 0.0712. The number of hydrogen-bond donors (Lipinski definition) is 1. The highest BCUT2D eigenvalue weighted by atomic mass is 32.2. The number of ether oxygens (including phenoxy) is 1. The highest BCUT2D eigenvalue weighted by Gasteiger charge is 2.25. The van der Waals surface area contributed by atoms with Crippen LogP contribution in [0.1, 0.15) is 32.6 Å². The number of rotatable bonds is 7. The van der Waals surface area contributed by atoms with Gasteiger partial charge in [-0.25, -0.2) is 8.42 Å². The fourth-order valence-electron chi connectivity index (χ4n) is 2.43. The first-order valence-electron chi connectivity index (χ1n) is 8.03. The monoisotopic (exact) mass is 340 g/mol. The maximum Gasteiger partial charge on any atom is 0.257 e. The average Bonchev–Trinajstić information content (AvgIpc) is 2.59. The van der Waals surface area contributed by atoms with Gasteiger partial charge in [0.05, 0.1) is 4.90 Å². The summed E-state index contributed by atoms with van der Waals surface area (Å²) in [6.45, 7) is 3.69. The normalized spacial score (nSPS) is 16.0. The first-order chi connectivity index (χ1) is 11.0.